The van der Waals surface area contributed by atoms with Crippen LogP contribution in [-0.4, -0.2) is 28.2 Å². The second-order valence-electron chi connectivity index (χ2n) is 8.34. The second-order valence-corrected chi connectivity index (χ2v) is 9.18. The number of benzene rings is 1. The SMILES string of the molecule is CC(C)(C)n1nc(C(=O)NNC(=O)CCCOc2ccc(Cl)cc2Cl)cc1C1CC1. The van der Waals surface area contributed by atoms with Crippen molar-refractivity contribution in [3.63, 3.8) is 0 Å². The molecule has 0 aliphatic heterocycles. The van der Waals surface area contributed by atoms with Crippen molar-refractivity contribution < 1.29 is 14.3 Å². The highest BCUT2D eigenvalue weighted by molar-refractivity contribution is 6.35. The Bertz CT molecular complexity index is 933. The summed E-state index contributed by atoms with van der Waals surface area (Å²) < 4.78 is 7.45. The molecular formula is C21H26Cl2N4O3. The molecule has 0 unspecified atom stereocenters. The third kappa shape index (κ3) is 5.89. The average molecular weight is 453 g/mol. The summed E-state index contributed by atoms with van der Waals surface area (Å²) in [6.07, 6.45) is 2.88. The Kier molecular flexibility index (Phi) is 6.93. The first-order valence-electron chi connectivity index (χ1n) is 9.92. The molecule has 0 bridgehead atoms. The molecule has 0 radical (unpaired) electrons. The topological polar surface area (TPSA) is 85.3 Å². The van der Waals surface area contributed by atoms with Crippen LogP contribution < -0.4 is 15.6 Å². The number of ether oxygens (including phenoxy) is 1. The summed E-state index contributed by atoms with van der Waals surface area (Å²) in [6, 6.07) is 6.77. The van der Waals surface area contributed by atoms with Crippen molar-refractivity contribution in [2.24, 2.45) is 0 Å². The minimum atomic E-state index is -0.433. The molecule has 9 heteroatoms. The van der Waals surface area contributed by atoms with E-state index in [1.165, 1.54) is 0 Å². The van der Waals surface area contributed by atoms with Crippen LogP contribution >= 0.6 is 23.2 Å². The lowest BCUT2D eigenvalue weighted by molar-refractivity contribution is -0.122. The van der Waals surface area contributed by atoms with Gasteiger partial charge >= 0.3 is 0 Å². The molecule has 2 N–H and O–H groups in total. The molecule has 2 amide bonds. The molecule has 1 saturated carbocycles. The molecule has 1 aromatic carbocycles. The maximum absolute atomic E-state index is 12.4. The second kappa shape index (κ2) is 9.27. The Hall–Kier alpha value is -2.25. The van der Waals surface area contributed by atoms with E-state index in [1.54, 1.807) is 18.2 Å². The van der Waals surface area contributed by atoms with Crippen LogP contribution in [0.2, 0.25) is 10.0 Å². The van der Waals surface area contributed by atoms with Gasteiger partial charge in [-0.2, -0.15) is 5.10 Å². The van der Waals surface area contributed by atoms with E-state index in [4.69, 9.17) is 27.9 Å². The predicted octanol–water partition coefficient (Wildman–Crippen LogP) is 4.44. The van der Waals surface area contributed by atoms with Gasteiger partial charge in [0.2, 0.25) is 5.91 Å². The maximum Gasteiger partial charge on any atom is 0.290 e. The van der Waals surface area contributed by atoms with E-state index in [2.05, 4.69) is 36.7 Å². The number of rotatable bonds is 7. The lowest BCUT2D eigenvalue weighted by Gasteiger charge is -2.22. The van der Waals surface area contributed by atoms with E-state index in [-0.39, 0.29) is 17.9 Å². The van der Waals surface area contributed by atoms with Gasteiger partial charge in [0.25, 0.3) is 5.91 Å². The monoisotopic (exact) mass is 452 g/mol. The number of hydrazine groups is 1. The predicted molar refractivity (Wildman–Crippen MR) is 116 cm³/mol. The Morgan fingerprint density at radius 3 is 2.57 bits per heavy atom. The minimum absolute atomic E-state index is 0.190. The Morgan fingerprint density at radius 2 is 1.93 bits per heavy atom. The van der Waals surface area contributed by atoms with Crippen molar-refractivity contribution in [3.05, 3.63) is 45.7 Å². The summed E-state index contributed by atoms with van der Waals surface area (Å²) in [5, 5.41) is 5.40. The lowest BCUT2D eigenvalue weighted by Crippen LogP contribution is -2.42. The summed E-state index contributed by atoms with van der Waals surface area (Å²) in [5.74, 6) is 0.224. The van der Waals surface area contributed by atoms with Gasteiger partial charge in [0, 0.05) is 23.1 Å². The molecule has 0 saturated heterocycles. The first kappa shape index (κ1) is 22.4. The van der Waals surface area contributed by atoms with Gasteiger partial charge in [0.1, 0.15) is 5.75 Å². The van der Waals surface area contributed by atoms with Crippen molar-refractivity contribution in [1.82, 2.24) is 20.6 Å². The number of hydrogen-bond acceptors (Lipinski definition) is 4. The molecule has 1 heterocycles. The van der Waals surface area contributed by atoms with E-state index < -0.39 is 5.91 Å². The first-order valence-corrected chi connectivity index (χ1v) is 10.7. The fourth-order valence-corrected chi connectivity index (χ4v) is 3.44. The zero-order valence-electron chi connectivity index (χ0n) is 17.3. The van der Waals surface area contributed by atoms with Gasteiger partial charge in [0.15, 0.2) is 5.69 Å². The molecule has 1 fully saturated rings. The number of amides is 2. The van der Waals surface area contributed by atoms with Crippen LogP contribution in [-0.2, 0) is 10.3 Å². The van der Waals surface area contributed by atoms with Gasteiger partial charge in [-0.3, -0.25) is 25.1 Å². The van der Waals surface area contributed by atoms with Crippen LogP contribution in [0.5, 0.6) is 5.75 Å². The van der Waals surface area contributed by atoms with Crippen molar-refractivity contribution >= 4 is 35.0 Å². The normalized spacial score (nSPS) is 13.8. The Balaban J connectivity index is 1.44. The summed E-state index contributed by atoms with van der Waals surface area (Å²) in [7, 11) is 0. The molecule has 30 heavy (non-hydrogen) atoms. The van der Waals surface area contributed by atoms with Gasteiger partial charge in [-0.1, -0.05) is 23.2 Å². The summed E-state index contributed by atoms with van der Waals surface area (Å²) >= 11 is 11.9. The fraction of sp³-hybridized carbons (Fsp3) is 0.476. The Morgan fingerprint density at radius 1 is 1.20 bits per heavy atom. The fourth-order valence-electron chi connectivity index (χ4n) is 2.97. The van der Waals surface area contributed by atoms with Crippen molar-refractivity contribution in [2.75, 3.05) is 6.61 Å². The highest BCUT2D eigenvalue weighted by atomic mass is 35.5. The number of carbonyl (C=O) groups excluding carboxylic acids is 2. The average Bonchev–Trinajstić information content (AvgIpc) is 3.41. The molecular weight excluding hydrogens is 427 g/mol. The van der Waals surface area contributed by atoms with Crippen molar-refractivity contribution in [1.29, 1.82) is 0 Å². The molecule has 1 aliphatic carbocycles. The van der Waals surface area contributed by atoms with Gasteiger partial charge < -0.3 is 4.74 Å². The van der Waals surface area contributed by atoms with E-state index in [0.29, 0.717) is 40.4 Å². The quantitative estimate of drug-likeness (QED) is 0.480. The number of halogens is 2. The summed E-state index contributed by atoms with van der Waals surface area (Å²) in [4.78, 5) is 24.4. The highest BCUT2D eigenvalue weighted by Gasteiger charge is 2.32. The largest absolute Gasteiger partial charge is 0.492 e. The number of nitrogens with one attached hydrogen (secondary N) is 2. The van der Waals surface area contributed by atoms with Crippen LogP contribution in [0.25, 0.3) is 0 Å². The van der Waals surface area contributed by atoms with Crippen molar-refractivity contribution in [2.45, 2.75) is 57.9 Å². The smallest absolute Gasteiger partial charge is 0.290 e. The molecule has 162 valence electrons. The molecule has 0 spiro atoms. The van der Waals surface area contributed by atoms with Gasteiger partial charge in [-0.05, 0) is 64.3 Å². The number of carbonyl (C=O) groups is 2. The Labute approximate surface area is 186 Å². The number of aromatic nitrogens is 2. The van der Waals surface area contributed by atoms with Gasteiger partial charge in [-0.15, -0.1) is 0 Å². The van der Waals surface area contributed by atoms with Crippen LogP contribution in [0.3, 0.4) is 0 Å². The summed E-state index contributed by atoms with van der Waals surface area (Å²) in [6.45, 7) is 6.46. The first-order chi connectivity index (χ1) is 14.1. The number of hydrogen-bond donors (Lipinski definition) is 2. The van der Waals surface area contributed by atoms with E-state index in [9.17, 15) is 9.59 Å². The maximum atomic E-state index is 12.4. The van der Waals surface area contributed by atoms with E-state index >= 15 is 0 Å². The molecule has 0 atom stereocenters. The van der Waals surface area contributed by atoms with Crippen molar-refractivity contribution in [3.8, 4) is 5.75 Å². The molecule has 3 rings (SSSR count). The van der Waals surface area contributed by atoms with Crippen LogP contribution in [0, 0.1) is 0 Å². The van der Waals surface area contributed by atoms with E-state index in [0.717, 1.165) is 18.5 Å². The zero-order chi connectivity index (χ0) is 21.9. The third-order valence-corrected chi connectivity index (χ3v) is 5.15. The van der Waals surface area contributed by atoms with Crippen LogP contribution in [0.15, 0.2) is 24.3 Å². The molecule has 2 aromatic rings. The minimum Gasteiger partial charge on any atom is -0.492 e. The molecule has 1 aromatic heterocycles. The molecule has 7 nitrogen and oxygen atoms in total. The van der Waals surface area contributed by atoms with Gasteiger partial charge in [0.05, 0.1) is 17.2 Å². The third-order valence-electron chi connectivity index (χ3n) is 4.62. The molecule has 1 aliphatic rings. The summed E-state index contributed by atoms with van der Waals surface area (Å²) in [5.41, 5.74) is 6.01. The lowest BCUT2D eigenvalue weighted by atomic mass is 10.1. The highest BCUT2D eigenvalue weighted by Crippen LogP contribution is 2.41. The van der Waals surface area contributed by atoms with E-state index in [1.807, 2.05) is 10.7 Å². The number of nitrogens with zero attached hydrogens (tertiary/aromatic N) is 2. The standard InChI is InChI=1S/C21H26Cl2N4O3/c1-21(2,3)27-17(13-6-7-13)12-16(26-27)20(29)25-24-19(28)5-4-10-30-18-9-8-14(22)11-15(18)23/h8-9,11-13H,4-7,10H2,1-3H3,(H,24,28)(H,25,29). The zero-order valence-corrected chi connectivity index (χ0v) is 18.8. The van der Waals surface area contributed by atoms with Crippen LogP contribution in [0.4, 0.5) is 0 Å². The van der Waals surface area contributed by atoms with Crippen LogP contribution in [0.1, 0.15) is 68.6 Å². The van der Waals surface area contributed by atoms with Gasteiger partial charge in [-0.25, -0.2) is 0 Å².